The SMILES string of the molecule is CC(Oc1ccc(Cl)c(Cl)c1)C(=O)N1CCCC1. The Balaban J connectivity index is 1.99. The number of hydrogen-bond donors (Lipinski definition) is 0. The smallest absolute Gasteiger partial charge is 0.263 e. The van der Waals surface area contributed by atoms with E-state index < -0.39 is 6.10 Å². The third-order valence-electron chi connectivity index (χ3n) is 2.97. The van der Waals surface area contributed by atoms with Gasteiger partial charge in [0.15, 0.2) is 6.10 Å². The Morgan fingerprint density at radius 3 is 2.56 bits per heavy atom. The highest BCUT2D eigenvalue weighted by Crippen LogP contribution is 2.27. The molecule has 2 rings (SSSR count). The van der Waals surface area contributed by atoms with Crippen molar-refractivity contribution >= 4 is 29.1 Å². The van der Waals surface area contributed by atoms with E-state index in [1.54, 1.807) is 25.1 Å². The minimum absolute atomic E-state index is 0.0265. The maximum atomic E-state index is 12.0. The normalized spacial score (nSPS) is 16.7. The van der Waals surface area contributed by atoms with Crippen molar-refractivity contribution in [2.45, 2.75) is 25.9 Å². The molecule has 5 heteroatoms. The fourth-order valence-electron chi connectivity index (χ4n) is 2.00. The predicted octanol–water partition coefficient (Wildman–Crippen LogP) is 3.38. The summed E-state index contributed by atoms with van der Waals surface area (Å²) < 4.78 is 5.59. The van der Waals surface area contributed by atoms with E-state index in [1.165, 1.54) is 0 Å². The van der Waals surface area contributed by atoms with Crippen molar-refractivity contribution in [1.29, 1.82) is 0 Å². The molecule has 1 fully saturated rings. The third-order valence-corrected chi connectivity index (χ3v) is 3.71. The van der Waals surface area contributed by atoms with E-state index in [9.17, 15) is 4.79 Å². The highest BCUT2D eigenvalue weighted by atomic mass is 35.5. The first-order valence-electron chi connectivity index (χ1n) is 5.98. The minimum Gasteiger partial charge on any atom is -0.481 e. The zero-order valence-corrected chi connectivity index (χ0v) is 11.7. The minimum atomic E-state index is -0.500. The standard InChI is InChI=1S/C13H15Cl2NO2/c1-9(13(17)16-6-2-3-7-16)18-10-4-5-11(14)12(15)8-10/h4-5,8-9H,2-3,6-7H2,1H3. The number of likely N-dealkylation sites (tertiary alicyclic amines) is 1. The van der Waals surface area contributed by atoms with E-state index in [-0.39, 0.29) is 5.91 Å². The van der Waals surface area contributed by atoms with Gasteiger partial charge in [-0.2, -0.15) is 0 Å². The summed E-state index contributed by atoms with van der Waals surface area (Å²) >= 11 is 11.7. The number of halogens is 2. The van der Waals surface area contributed by atoms with Gasteiger partial charge in [0.05, 0.1) is 10.0 Å². The zero-order chi connectivity index (χ0) is 13.1. The lowest BCUT2D eigenvalue weighted by molar-refractivity contribution is -0.136. The average Bonchev–Trinajstić information content (AvgIpc) is 2.86. The first-order chi connectivity index (χ1) is 8.58. The maximum absolute atomic E-state index is 12.0. The Labute approximate surface area is 117 Å². The molecule has 0 bridgehead atoms. The van der Waals surface area contributed by atoms with Crippen LogP contribution < -0.4 is 4.74 Å². The number of nitrogens with zero attached hydrogens (tertiary/aromatic N) is 1. The second-order valence-corrected chi connectivity index (χ2v) is 5.18. The summed E-state index contributed by atoms with van der Waals surface area (Å²) in [5.41, 5.74) is 0. The highest BCUT2D eigenvalue weighted by molar-refractivity contribution is 6.42. The van der Waals surface area contributed by atoms with Gasteiger partial charge in [0.25, 0.3) is 5.91 Å². The van der Waals surface area contributed by atoms with Gasteiger partial charge in [-0.25, -0.2) is 0 Å². The lowest BCUT2D eigenvalue weighted by Crippen LogP contribution is -2.38. The summed E-state index contributed by atoms with van der Waals surface area (Å²) in [5, 5.41) is 0.900. The molecule has 98 valence electrons. The van der Waals surface area contributed by atoms with Crippen molar-refractivity contribution < 1.29 is 9.53 Å². The summed E-state index contributed by atoms with van der Waals surface area (Å²) in [7, 11) is 0. The second-order valence-electron chi connectivity index (χ2n) is 4.37. The molecular weight excluding hydrogens is 273 g/mol. The number of carbonyl (C=O) groups is 1. The van der Waals surface area contributed by atoms with Crippen molar-refractivity contribution in [3.05, 3.63) is 28.2 Å². The van der Waals surface area contributed by atoms with Gasteiger partial charge in [-0.05, 0) is 31.9 Å². The number of rotatable bonds is 3. The Morgan fingerprint density at radius 2 is 1.94 bits per heavy atom. The largest absolute Gasteiger partial charge is 0.481 e. The fourth-order valence-corrected chi connectivity index (χ4v) is 2.29. The molecule has 0 saturated carbocycles. The van der Waals surface area contributed by atoms with Crippen LogP contribution in [0.2, 0.25) is 10.0 Å². The van der Waals surface area contributed by atoms with E-state index in [4.69, 9.17) is 27.9 Å². The van der Waals surface area contributed by atoms with E-state index >= 15 is 0 Å². The quantitative estimate of drug-likeness (QED) is 0.853. The van der Waals surface area contributed by atoms with Crippen molar-refractivity contribution in [3.63, 3.8) is 0 Å². The summed E-state index contributed by atoms with van der Waals surface area (Å²) in [6.45, 7) is 3.41. The van der Waals surface area contributed by atoms with Gasteiger partial charge in [0, 0.05) is 19.2 Å². The summed E-state index contributed by atoms with van der Waals surface area (Å²) in [6, 6.07) is 4.99. The van der Waals surface area contributed by atoms with Crippen LogP contribution in [0.25, 0.3) is 0 Å². The zero-order valence-electron chi connectivity index (χ0n) is 10.2. The fraction of sp³-hybridized carbons (Fsp3) is 0.462. The van der Waals surface area contributed by atoms with E-state index in [0.29, 0.717) is 15.8 Å². The molecule has 1 aromatic rings. The Morgan fingerprint density at radius 1 is 1.28 bits per heavy atom. The van der Waals surface area contributed by atoms with Gasteiger partial charge < -0.3 is 9.64 Å². The van der Waals surface area contributed by atoms with Crippen LogP contribution >= 0.6 is 23.2 Å². The monoisotopic (exact) mass is 287 g/mol. The van der Waals surface area contributed by atoms with E-state index in [2.05, 4.69) is 0 Å². The van der Waals surface area contributed by atoms with Crippen LogP contribution in [0.4, 0.5) is 0 Å². The van der Waals surface area contributed by atoms with Crippen LogP contribution in [0.1, 0.15) is 19.8 Å². The Kier molecular flexibility index (Phi) is 4.36. The molecule has 0 aliphatic carbocycles. The third kappa shape index (κ3) is 3.09. The van der Waals surface area contributed by atoms with Crippen LogP contribution in [0, 0.1) is 0 Å². The van der Waals surface area contributed by atoms with E-state index in [1.807, 2.05) is 4.90 Å². The highest BCUT2D eigenvalue weighted by Gasteiger charge is 2.24. The topological polar surface area (TPSA) is 29.5 Å². The molecule has 0 radical (unpaired) electrons. The van der Waals surface area contributed by atoms with Crippen molar-refractivity contribution in [2.24, 2.45) is 0 Å². The van der Waals surface area contributed by atoms with Crippen LogP contribution in [-0.4, -0.2) is 30.0 Å². The van der Waals surface area contributed by atoms with E-state index in [0.717, 1.165) is 25.9 Å². The lowest BCUT2D eigenvalue weighted by atomic mass is 10.3. The first-order valence-corrected chi connectivity index (χ1v) is 6.74. The molecule has 1 aliphatic heterocycles. The molecule has 1 aromatic carbocycles. The first kappa shape index (κ1) is 13.5. The van der Waals surface area contributed by atoms with Gasteiger partial charge in [0.1, 0.15) is 5.75 Å². The molecule has 18 heavy (non-hydrogen) atoms. The summed E-state index contributed by atoms with van der Waals surface area (Å²) in [6.07, 6.45) is 1.65. The molecule has 0 N–H and O–H groups in total. The Bertz CT molecular complexity index is 445. The number of benzene rings is 1. The van der Waals surface area contributed by atoms with Gasteiger partial charge >= 0.3 is 0 Å². The molecule has 1 unspecified atom stereocenters. The van der Waals surface area contributed by atoms with Gasteiger partial charge in [-0.1, -0.05) is 23.2 Å². The molecule has 1 amide bonds. The Hall–Kier alpha value is -0.930. The van der Waals surface area contributed by atoms with Crippen molar-refractivity contribution in [2.75, 3.05) is 13.1 Å². The van der Waals surface area contributed by atoms with Gasteiger partial charge in [-0.3, -0.25) is 4.79 Å². The van der Waals surface area contributed by atoms with Crippen molar-refractivity contribution in [3.8, 4) is 5.75 Å². The number of carbonyl (C=O) groups excluding carboxylic acids is 1. The number of ether oxygens (including phenoxy) is 1. The molecule has 1 saturated heterocycles. The molecule has 1 atom stereocenters. The molecule has 1 aliphatic rings. The molecular formula is C13H15Cl2NO2. The summed E-state index contributed by atoms with van der Waals surface area (Å²) in [5.74, 6) is 0.586. The predicted molar refractivity (Wildman–Crippen MR) is 72.4 cm³/mol. The maximum Gasteiger partial charge on any atom is 0.263 e. The molecule has 0 aromatic heterocycles. The van der Waals surface area contributed by atoms with Crippen LogP contribution in [0.5, 0.6) is 5.75 Å². The van der Waals surface area contributed by atoms with Crippen molar-refractivity contribution in [1.82, 2.24) is 4.90 Å². The number of amides is 1. The van der Waals surface area contributed by atoms with Crippen LogP contribution in [-0.2, 0) is 4.79 Å². The summed E-state index contributed by atoms with van der Waals surface area (Å²) in [4.78, 5) is 13.9. The second kappa shape index (κ2) is 5.81. The van der Waals surface area contributed by atoms with Crippen LogP contribution in [0.15, 0.2) is 18.2 Å². The van der Waals surface area contributed by atoms with Gasteiger partial charge in [0.2, 0.25) is 0 Å². The molecule has 1 heterocycles. The number of hydrogen-bond acceptors (Lipinski definition) is 2. The van der Waals surface area contributed by atoms with Gasteiger partial charge in [-0.15, -0.1) is 0 Å². The molecule has 0 spiro atoms. The van der Waals surface area contributed by atoms with Crippen LogP contribution in [0.3, 0.4) is 0 Å². The molecule has 3 nitrogen and oxygen atoms in total. The average molecular weight is 288 g/mol. The lowest BCUT2D eigenvalue weighted by Gasteiger charge is -2.21.